The van der Waals surface area contributed by atoms with E-state index in [1.807, 2.05) is 0 Å². The number of carboxylic acids is 1. The monoisotopic (exact) mass is 284 g/mol. The van der Waals surface area contributed by atoms with Crippen LogP contribution < -0.4 is 4.72 Å². The summed E-state index contributed by atoms with van der Waals surface area (Å²) in [5.74, 6) is -1.25. The van der Waals surface area contributed by atoms with E-state index in [4.69, 9.17) is 5.11 Å². The molecular formula is C10H12N4O4S. The van der Waals surface area contributed by atoms with Gasteiger partial charge in [0.2, 0.25) is 10.0 Å². The molecule has 2 rings (SSSR count). The number of fused-ring (bicyclic) bond motifs is 1. The van der Waals surface area contributed by atoms with Gasteiger partial charge >= 0.3 is 5.97 Å². The van der Waals surface area contributed by atoms with E-state index in [0.717, 1.165) is 0 Å². The molecule has 0 aliphatic rings. The van der Waals surface area contributed by atoms with Gasteiger partial charge in [-0.25, -0.2) is 22.6 Å². The highest BCUT2D eigenvalue weighted by molar-refractivity contribution is 7.89. The standard InChI is InChI=1S/C10H12N4O4S/c1-11-19(17,18)6-5-14-8-4-2-3-7(10(15)16)9(8)12-13-14/h2-4,11H,5-6H2,1H3,(H,15,16). The molecule has 0 bridgehead atoms. The van der Waals surface area contributed by atoms with Gasteiger partial charge in [-0.15, -0.1) is 5.10 Å². The lowest BCUT2D eigenvalue weighted by Crippen LogP contribution is -2.25. The third-order valence-corrected chi connectivity index (χ3v) is 4.00. The Morgan fingerprint density at radius 2 is 2.21 bits per heavy atom. The number of nitrogens with zero attached hydrogens (tertiary/aromatic N) is 3. The van der Waals surface area contributed by atoms with Crippen molar-refractivity contribution in [3.63, 3.8) is 0 Å². The molecule has 1 aromatic heterocycles. The molecule has 0 aliphatic carbocycles. The Labute approximate surface area is 109 Å². The number of carboxylic acid groups (broad SMARTS) is 1. The van der Waals surface area contributed by atoms with Crippen LogP contribution in [0.4, 0.5) is 0 Å². The molecule has 0 aliphatic heterocycles. The molecule has 0 radical (unpaired) electrons. The molecule has 9 heteroatoms. The van der Waals surface area contributed by atoms with E-state index in [1.165, 1.54) is 17.8 Å². The second-order valence-corrected chi connectivity index (χ2v) is 5.86. The molecule has 1 aromatic carbocycles. The molecule has 19 heavy (non-hydrogen) atoms. The molecule has 0 saturated carbocycles. The minimum absolute atomic E-state index is 0.0419. The van der Waals surface area contributed by atoms with Crippen molar-refractivity contribution < 1.29 is 18.3 Å². The molecule has 0 atom stereocenters. The van der Waals surface area contributed by atoms with Crippen molar-refractivity contribution >= 4 is 27.0 Å². The van der Waals surface area contributed by atoms with Gasteiger partial charge in [-0.3, -0.25) is 0 Å². The fraction of sp³-hybridized carbons (Fsp3) is 0.300. The third-order valence-electron chi connectivity index (χ3n) is 2.66. The molecule has 102 valence electrons. The van der Waals surface area contributed by atoms with Crippen LogP contribution in [0, 0.1) is 0 Å². The van der Waals surface area contributed by atoms with Crippen molar-refractivity contribution in [2.24, 2.45) is 0 Å². The normalized spacial score (nSPS) is 11.8. The lowest BCUT2D eigenvalue weighted by molar-refractivity contribution is 0.0699. The molecular weight excluding hydrogens is 272 g/mol. The summed E-state index contributed by atoms with van der Waals surface area (Å²) in [5, 5.41) is 16.6. The van der Waals surface area contributed by atoms with Crippen molar-refractivity contribution in [1.29, 1.82) is 0 Å². The third kappa shape index (κ3) is 2.71. The fourth-order valence-electron chi connectivity index (χ4n) is 1.64. The van der Waals surface area contributed by atoms with Gasteiger partial charge in [-0.2, -0.15) is 0 Å². The average molecular weight is 284 g/mol. The van der Waals surface area contributed by atoms with Crippen molar-refractivity contribution in [1.82, 2.24) is 19.7 Å². The maximum atomic E-state index is 11.3. The van der Waals surface area contributed by atoms with E-state index >= 15 is 0 Å². The number of nitrogens with one attached hydrogen (secondary N) is 1. The van der Waals surface area contributed by atoms with Crippen LogP contribution in [0.25, 0.3) is 11.0 Å². The predicted molar refractivity (Wildman–Crippen MR) is 67.3 cm³/mol. The minimum atomic E-state index is -3.35. The maximum absolute atomic E-state index is 11.3. The number of aromatic nitrogens is 3. The van der Waals surface area contributed by atoms with E-state index in [-0.39, 0.29) is 23.4 Å². The van der Waals surface area contributed by atoms with Crippen LogP contribution in [0.3, 0.4) is 0 Å². The van der Waals surface area contributed by atoms with Gasteiger partial charge in [0.05, 0.1) is 23.4 Å². The maximum Gasteiger partial charge on any atom is 0.338 e. The van der Waals surface area contributed by atoms with Gasteiger partial charge in [-0.1, -0.05) is 11.3 Å². The molecule has 1 heterocycles. The molecule has 2 N–H and O–H groups in total. The summed E-state index contributed by atoms with van der Waals surface area (Å²) < 4.78 is 26.2. The quantitative estimate of drug-likeness (QED) is 0.777. The summed E-state index contributed by atoms with van der Waals surface area (Å²) in [4.78, 5) is 11.0. The largest absolute Gasteiger partial charge is 0.478 e. The van der Waals surface area contributed by atoms with Gasteiger partial charge in [-0.05, 0) is 19.2 Å². The van der Waals surface area contributed by atoms with Crippen LogP contribution in [-0.2, 0) is 16.6 Å². The zero-order valence-corrected chi connectivity index (χ0v) is 10.9. The first-order valence-corrected chi connectivity index (χ1v) is 7.06. The van der Waals surface area contributed by atoms with Crippen LogP contribution in [0.5, 0.6) is 0 Å². The van der Waals surface area contributed by atoms with Crippen molar-refractivity contribution in [3.8, 4) is 0 Å². The highest BCUT2D eigenvalue weighted by atomic mass is 32.2. The first kappa shape index (κ1) is 13.4. The Morgan fingerprint density at radius 1 is 1.47 bits per heavy atom. The predicted octanol–water partition coefficient (Wildman–Crippen LogP) is -0.321. The van der Waals surface area contributed by atoms with E-state index in [2.05, 4.69) is 15.0 Å². The van der Waals surface area contributed by atoms with Crippen molar-refractivity contribution in [2.45, 2.75) is 6.54 Å². The number of benzene rings is 1. The number of hydrogen-bond acceptors (Lipinski definition) is 5. The van der Waals surface area contributed by atoms with Gasteiger partial charge in [0.15, 0.2) is 0 Å². The van der Waals surface area contributed by atoms with E-state index in [0.29, 0.717) is 5.52 Å². The zero-order valence-electron chi connectivity index (χ0n) is 10.1. The topological polar surface area (TPSA) is 114 Å². The number of aryl methyl sites for hydroxylation is 1. The van der Waals surface area contributed by atoms with Crippen LogP contribution in [0.15, 0.2) is 18.2 Å². The first-order chi connectivity index (χ1) is 8.94. The van der Waals surface area contributed by atoms with Crippen LogP contribution >= 0.6 is 0 Å². The Bertz CT molecular complexity index is 722. The highest BCUT2D eigenvalue weighted by Crippen LogP contribution is 2.16. The summed E-state index contributed by atoms with van der Waals surface area (Å²) in [6, 6.07) is 4.64. The summed E-state index contributed by atoms with van der Waals surface area (Å²) in [5.41, 5.74) is 0.781. The van der Waals surface area contributed by atoms with E-state index in [9.17, 15) is 13.2 Å². The second-order valence-electron chi connectivity index (χ2n) is 3.81. The summed E-state index contributed by atoms with van der Waals surface area (Å²) >= 11 is 0. The highest BCUT2D eigenvalue weighted by Gasteiger charge is 2.15. The molecule has 0 fully saturated rings. The van der Waals surface area contributed by atoms with Crippen molar-refractivity contribution in [3.05, 3.63) is 23.8 Å². The van der Waals surface area contributed by atoms with Gasteiger partial charge in [0.1, 0.15) is 5.52 Å². The number of sulfonamides is 1. The second kappa shape index (κ2) is 4.94. The Kier molecular flexibility index (Phi) is 3.49. The molecule has 0 unspecified atom stereocenters. The Hall–Kier alpha value is -2.00. The first-order valence-electron chi connectivity index (χ1n) is 5.41. The minimum Gasteiger partial charge on any atom is -0.478 e. The zero-order chi connectivity index (χ0) is 14.0. The molecule has 0 amide bonds. The van der Waals surface area contributed by atoms with Gasteiger partial charge in [0, 0.05) is 0 Å². The van der Waals surface area contributed by atoms with Gasteiger partial charge < -0.3 is 5.11 Å². The summed E-state index contributed by atoms with van der Waals surface area (Å²) in [6.07, 6.45) is 0. The van der Waals surface area contributed by atoms with E-state index < -0.39 is 16.0 Å². The summed E-state index contributed by atoms with van der Waals surface area (Å²) in [6.45, 7) is 0.0999. The van der Waals surface area contributed by atoms with Gasteiger partial charge in [0.25, 0.3) is 0 Å². The van der Waals surface area contributed by atoms with Crippen LogP contribution in [0.1, 0.15) is 10.4 Å². The number of carbonyl (C=O) groups is 1. The van der Waals surface area contributed by atoms with Crippen LogP contribution in [0.2, 0.25) is 0 Å². The van der Waals surface area contributed by atoms with Crippen LogP contribution in [-0.4, -0.2) is 47.3 Å². The molecule has 0 spiro atoms. The lowest BCUT2D eigenvalue weighted by atomic mass is 10.2. The average Bonchev–Trinajstić information content (AvgIpc) is 2.79. The number of rotatable bonds is 5. The fourth-order valence-corrected chi connectivity index (χ4v) is 2.26. The SMILES string of the molecule is CNS(=O)(=O)CCn1nnc2c(C(=O)O)cccc21. The van der Waals surface area contributed by atoms with Crippen molar-refractivity contribution in [2.75, 3.05) is 12.8 Å². The number of aromatic carboxylic acids is 1. The van der Waals surface area contributed by atoms with E-state index in [1.54, 1.807) is 12.1 Å². The summed E-state index contributed by atoms with van der Waals surface area (Å²) in [7, 11) is -2.01. The molecule has 8 nitrogen and oxygen atoms in total. The molecule has 0 saturated heterocycles. The molecule has 2 aromatic rings. The smallest absolute Gasteiger partial charge is 0.338 e. The number of hydrogen-bond donors (Lipinski definition) is 2. The lowest BCUT2D eigenvalue weighted by Gasteiger charge is -2.03. The Balaban J connectivity index is 2.36. The Morgan fingerprint density at radius 3 is 2.84 bits per heavy atom.